The second-order valence-electron chi connectivity index (χ2n) is 5.47. The lowest BCUT2D eigenvalue weighted by atomic mass is 9.96. The molecule has 2 N–H and O–H groups in total. The minimum Gasteiger partial charge on any atom is -0.469 e. The second-order valence-corrected chi connectivity index (χ2v) is 5.47. The van der Waals surface area contributed by atoms with E-state index in [0.29, 0.717) is 19.0 Å². The smallest absolute Gasteiger partial charge is 0.307 e. The van der Waals surface area contributed by atoms with Crippen molar-refractivity contribution in [3.63, 3.8) is 0 Å². The SMILES string of the molecule is CN=C(NCCC(=O)OC)NCC1(c2cccc(F)c2)CC1.I. The molecule has 0 saturated heterocycles. The van der Waals surface area contributed by atoms with Crippen molar-refractivity contribution < 1.29 is 13.9 Å². The Balaban J connectivity index is 0.00000264. The maximum Gasteiger partial charge on any atom is 0.307 e. The highest BCUT2D eigenvalue weighted by Crippen LogP contribution is 2.47. The number of nitrogens with zero attached hydrogens (tertiary/aromatic N) is 1. The van der Waals surface area contributed by atoms with Crippen LogP contribution >= 0.6 is 24.0 Å². The van der Waals surface area contributed by atoms with Crippen LogP contribution in [-0.4, -0.2) is 39.2 Å². The van der Waals surface area contributed by atoms with Crippen LogP contribution in [0.5, 0.6) is 0 Å². The Morgan fingerprint density at radius 2 is 2.13 bits per heavy atom. The number of benzene rings is 1. The van der Waals surface area contributed by atoms with Crippen LogP contribution in [0.1, 0.15) is 24.8 Å². The maximum atomic E-state index is 13.4. The third-order valence-corrected chi connectivity index (χ3v) is 3.96. The first-order valence-corrected chi connectivity index (χ1v) is 7.37. The van der Waals surface area contributed by atoms with Crippen molar-refractivity contribution in [3.8, 4) is 0 Å². The Bertz CT molecular complexity index is 562. The van der Waals surface area contributed by atoms with Gasteiger partial charge in [0.25, 0.3) is 0 Å². The van der Waals surface area contributed by atoms with Crippen molar-refractivity contribution in [1.29, 1.82) is 0 Å². The van der Waals surface area contributed by atoms with Gasteiger partial charge in [0.1, 0.15) is 5.82 Å². The lowest BCUT2D eigenvalue weighted by molar-refractivity contribution is -0.140. The third kappa shape index (κ3) is 5.63. The van der Waals surface area contributed by atoms with Crippen molar-refractivity contribution in [2.24, 2.45) is 4.99 Å². The van der Waals surface area contributed by atoms with Crippen molar-refractivity contribution in [2.75, 3.05) is 27.2 Å². The molecule has 1 fully saturated rings. The predicted molar refractivity (Wildman–Crippen MR) is 98.7 cm³/mol. The van der Waals surface area contributed by atoms with E-state index in [2.05, 4.69) is 20.4 Å². The van der Waals surface area contributed by atoms with E-state index in [1.165, 1.54) is 13.2 Å². The summed E-state index contributed by atoms with van der Waals surface area (Å²) in [5.74, 6) is 0.164. The fourth-order valence-electron chi connectivity index (χ4n) is 2.40. The van der Waals surface area contributed by atoms with E-state index in [1.807, 2.05) is 6.07 Å². The Labute approximate surface area is 153 Å². The highest BCUT2D eigenvalue weighted by Gasteiger charge is 2.44. The summed E-state index contributed by atoms with van der Waals surface area (Å²) in [6, 6.07) is 6.77. The molecule has 0 unspecified atom stereocenters. The van der Waals surface area contributed by atoms with Gasteiger partial charge in [-0.25, -0.2) is 4.39 Å². The van der Waals surface area contributed by atoms with Crippen LogP contribution in [-0.2, 0) is 14.9 Å². The number of rotatable bonds is 6. The molecular weight excluding hydrogens is 412 g/mol. The number of methoxy groups -OCH3 is 1. The summed E-state index contributed by atoms with van der Waals surface area (Å²) in [6.07, 6.45) is 2.34. The number of halogens is 2. The monoisotopic (exact) mass is 435 g/mol. The largest absolute Gasteiger partial charge is 0.469 e. The van der Waals surface area contributed by atoms with E-state index in [1.54, 1.807) is 19.2 Å². The van der Waals surface area contributed by atoms with Gasteiger partial charge in [-0.15, -0.1) is 24.0 Å². The fourth-order valence-corrected chi connectivity index (χ4v) is 2.40. The van der Waals surface area contributed by atoms with Gasteiger partial charge in [0, 0.05) is 25.6 Å². The van der Waals surface area contributed by atoms with Gasteiger partial charge in [-0.3, -0.25) is 9.79 Å². The number of carbonyl (C=O) groups is 1. The van der Waals surface area contributed by atoms with Crippen molar-refractivity contribution in [2.45, 2.75) is 24.7 Å². The number of guanidine groups is 1. The van der Waals surface area contributed by atoms with E-state index in [-0.39, 0.29) is 47.6 Å². The number of hydrogen-bond acceptors (Lipinski definition) is 3. The average molecular weight is 435 g/mol. The zero-order valence-electron chi connectivity index (χ0n) is 13.4. The second kappa shape index (κ2) is 9.05. The summed E-state index contributed by atoms with van der Waals surface area (Å²) in [4.78, 5) is 15.2. The van der Waals surface area contributed by atoms with Gasteiger partial charge >= 0.3 is 5.97 Å². The zero-order chi connectivity index (χ0) is 16.0. The van der Waals surface area contributed by atoms with Crippen molar-refractivity contribution in [3.05, 3.63) is 35.6 Å². The molecule has 7 heteroatoms. The van der Waals surface area contributed by atoms with Gasteiger partial charge in [0.2, 0.25) is 0 Å². The third-order valence-electron chi connectivity index (χ3n) is 3.96. The van der Waals surface area contributed by atoms with Gasteiger partial charge < -0.3 is 15.4 Å². The molecule has 1 saturated carbocycles. The maximum absolute atomic E-state index is 13.4. The van der Waals surface area contributed by atoms with E-state index in [0.717, 1.165) is 18.4 Å². The van der Waals surface area contributed by atoms with Crippen LogP contribution in [0.3, 0.4) is 0 Å². The van der Waals surface area contributed by atoms with Crippen LogP contribution in [0.15, 0.2) is 29.3 Å². The predicted octanol–water partition coefficient (Wildman–Crippen LogP) is 2.20. The van der Waals surface area contributed by atoms with Crippen molar-refractivity contribution in [1.82, 2.24) is 10.6 Å². The molecule has 1 aromatic carbocycles. The quantitative estimate of drug-likeness (QED) is 0.311. The molecule has 0 heterocycles. The van der Waals surface area contributed by atoms with Gasteiger partial charge in [0.15, 0.2) is 5.96 Å². The van der Waals surface area contributed by atoms with Crippen LogP contribution in [0.25, 0.3) is 0 Å². The molecule has 2 rings (SSSR count). The topological polar surface area (TPSA) is 62.7 Å². The van der Waals surface area contributed by atoms with Gasteiger partial charge in [-0.2, -0.15) is 0 Å². The van der Waals surface area contributed by atoms with Crippen molar-refractivity contribution >= 4 is 35.9 Å². The molecule has 0 spiro atoms. The molecule has 128 valence electrons. The first-order valence-electron chi connectivity index (χ1n) is 7.37. The standard InChI is InChI=1S/C16H22FN3O2.HI/c1-18-15(19-9-6-14(21)22-2)20-11-16(7-8-16)12-4-3-5-13(17)10-12;/h3-5,10H,6-9,11H2,1-2H3,(H2,18,19,20);1H. The molecule has 1 aliphatic carbocycles. The first kappa shape index (κ1) is 19.7. The fraction of sp³-hybridized carbons (Fsp3) is 0.500. The summed E-state index contributed by atoms with van der Waals surface area (Å²) in [7, 11) is 3.04. The molecule has 0 aromatic heterocycles. The zero-order valence-corrected chi connectivity index (χ0v) is 15.7. The van der Waals surface area contributed by atoms with Crippen LogP contribution in [0.2, 0.25) is 0 Å². The Hall–Kier alpha value is -1.38. The molecule has 1 aromatic rings. The number of hydrogen-bond donors (Lipinski definition) is 2. The highest BCUT2D eigenvalue weighted by molar-refractivity contribution is 14.0. The number of carbonyl (C=O) groups excluding carboxylic acids is 1. The van der Waals surface area contributed by atoms with Gasteiger partial charge in [-0.1, -0.05) is 12.1 Å². The summed E-state index contributed by atoms with van der Waals surface area (Å²) in [5, 5.41) is 6.31. The lowest BCUT2D eigenvalue weighted by Gasteiger charge is -2.19. The molecule has 1 aliphatic rings. The van der Waals surface area contributed by atoms with E-state index < -0.39 is 0 Å². The summed E-state index contributed by atoms with van der Waals surface area (Å²) < 4.78 is 18.0. The number of ether oxygens (including phenoxy) is 1. The average Bonchev–Trinajstić information content (AvgIpc) is 3.31. The molecule has 23 heavy (non-hydrogen) atoms. The summed E-state index contributed by atoms with van der Waals surface area (Å²) in [6.45, 7) is 1.15. The highest BCUT2D eigenvalue weighted by atomic mass is 127. The Kier molecular flexibility index (Phi) is 7.74. The van der Waals surface area contributed by atoms with Crippen LogP contribution in [0.4, 0.5) is 4.39 Å². The number of esters is 1. The van der Waals surface area contributed by atoms with Crippen LogP contribution in [0, 0.1) is 5.82 Å². The van der Waals surface area contributed by atoms with E-state index >= 15 is 0 Å². The first-order chi connectivity index (χ1) is 10.6. The minimum absolute atomic E-state index is 0. The number of aliphatic imine (C=N–C) groups is 1. The van der Waals surface area contributed by atoms with Crippen LogP contribution < -0.4 is 10.6 Å². The summed E-state index contributed by atoms with van der Waals surface area (Å²) >= 11 is 0. The molecule has 0 bridgehead atoms. The normalized spacial score (nSPS) is 15.3. The Morgan fingerprint density at radius 3 is 2.70 bits per heavy atom. The summed E-state index contributed by atoms with van der Waals surface area (Å²) in [5.41, 5.74) is 1.01. The van der Waals surface area contributed by atoms with Gasteiger partial charge in [0.05, 0.1) is 13.5 Å². The minimum atomic E-state index is -0.263. The lowest BCUT2D eigenvalue weighted by Crippen LogP contribution is -2.42. The van der Waals surface area contributed by atoms with E-state index in [9.17, 15) is 9.18 Å². The molecule has 0 atom stereocenters. The number of nitrogens with one attached hydrogen (secondary N) is 2. The molecule has 0 aliphatic heterocycles. The molecule has 5 nitrogen and oxygen atoms in total. The van der Waals surface area contributed by atoms with E-state index in [4.69, 9.17) is 0 Å². The molecular formula is C16H23FIN3O2. The van der Waals surface area contributed by atoms with Gasteiger partial charge in [-0.05, 0) is 30.5 Å². The Morgan fingerprint density at radius 1 is 1.39 bits per heavy atom. The molecule has 0 amide bonds. The molecule has 0 radical (unpaired) electrons.